The van der Waals surface area contributed by atoms with Crippen molar-refractivity contribution in [2.45, 2.75) is 44.8 Å². The van der Waals surface area contributed by atoms with Crippen LogP contribution in [0.3, 0.4) is 0 Å². The number of ether oxygens (including phenoxy) is 1. The predicted molar refractivity (Wildman–Crippen MR) is 111 cm³/mol. The van der Waals surface area contributed by atoms with Gasteiger partial charge in [-0.05, 0) is 49.1 Å². The highest BCUT2D eigenvalue weighted by Crippen LogP contribution is 2.25. The maximum atomic E-state index is 6.02. The number of allylic oxidation sites excluding steroid dienone is 1. The first kappa shape index (κ1) is 19.2. The fraction of sp³-hybridized carbons (Fsp3) is 0.273. The minimum atomic E-state index is 0.385. The summed E-state index contributed by atoms with van der Waals surface area (Å²) < 4.78 is 8.09. The average molecular weight is 380 g/mol. The van der Waals surface area contributed by atoms with Crippen LogP contribution >= 0.6 is 11.8 Å². The van der Waals surface area contributed by atoms with Gasteiger partial charge in [0.15, 0.2) is 11.0 Å². The molecule has 27 heavy (non-hydrogen) atoms. The molecular formula is C22H25N3OS. The number of aryl methyl sites for hydroxylation is 2. The Morgan fingerprint density at radius 3 is 2.59 bits per heavy atom. The molecule has 0 N–H and O–H groups in total. The Balaban J connectivity index is 1.73. The molecule has 0 aliphatic carbocycles. The fourth-order valence-corrected chi connectivity index (χ4v) is 3.82. The summed E-state index contributed by atoms with van der Waals surface area (Å²) in [7, 11) is 0. The second-order valence-corrected chi connectivity index (χ2v) is 7.44. The summed E-state index contributed by atoms with van der Waals surface area (Å²) in [5, 5.41) is 9.62. The third kappa shape index (κ3) is 4.61. The van der Waals surface area contributed by atoms with Gasteiger partial charge in [0.25, 0.3) is 0 Å². The van der Waals surface area contributed by atoms with E-state index in [-0.39, 0.29) is 0 Å². The highest BCUT2D eigenvalue weighted by molar-refractivity contribution is 7.98. The van der Waals surface area contributed by atoms with Gasteiger partial charge in [0.2, 0.25) is 0 Å². The SMILES string of the molecule is C=CCn1c(COc2cccc(C)c2C)nnc1SCc1ccccc1C. The van der Waals surface area contributed by atoms with Gasteiger partial charge in [0.1, 0.15) is 12.4 Å². The van der Waals surface area contributed by atoms with Crippen LogP contribution in [0, 0.1) is 20.8 Å². The molecule has 3 rings (SSSR count). The molecule has 0 aliphatic heterocycles. The maximum absolute atomic E-state index is 6.02. The van der Waals surface area contributed by atoms with E-state index < -0.39 is 0 Å². The van der Waals surface area contributed by atoms with Gasteiger partial charge in [-0.25, -0.2) is 0 Å². The lowest BCUT2D eigenvalue weighted by atomic mass is 10.1. The van der Waals surface area contributed by atoms with Crippen LogP contribution in [-0.4, -0.2) is 14.8 Å². The van der Waals surface area contributed by atoms with Gasteiger partial charge in [-0.3, -0.25) is 4.57 Å². The molecule has 2 aromatic carbocycles. The molecule has 0 atom stereocenters. The lowest BCUT2D eigenvalue weighted by Gasteiger charge is -2.12. The molecule has 1 aromatic heterocycles. The Morgan fingerprint density at radius 1 is 1.04 bits per heavy atom. The molecule has 0 aliphatic rings. The van der Waals surface area contributed by atoms with Crippen molar-refractivity contribution < 1.29 is 4.74 Å². The predicted octanol–water partition coefficient (Wildman–Crippen LogP) is 5.26. The van der Waals surface area contributed by atoms with Crippen molar-refractivity contribution in [3.63, 3.8) is 0 Å². The first-order valence-corrected chi connectivity index (χ1v) is 9.98. The van der Waals surface area contributed by atoms with Crippen LogP contribution in [-0.2, 0) is 18.9 Å². The summed E-state index contributed by atoms with van der Waals surface area (Å²) in [6.07, 6.45) is 1.86. The highest BCUT2D eigenvalue weighted by Gasteiger charge is 2.13. The molecule has 0 bridgehead atoms. The van der Waals surface area contributed by atoms with E-state index in [4.69, 9.17) is 4.74 Å². The minimum Gasteiger partial charge on any atom is -0.485 e. The summed E-state index contributed by atoms with van der Waals surface area (Å²) in [5.74, 6) is 2.56. The largest absolute Gasteiger partial charge is 0.485 e. The number of hydrogen-bond donors (Lipinski definition) is 0. The molecule has 1 heterocycles. The van der Waals surface area contributed by atoms with Crippen molar-refractivity contribution in [1.82, 2.24) is 14.8 Å². The molecule has 4 nitrogen and oxygen atoms in total. The van der Waals surface area contributed by atoms with Crippen molar-refractivity contribution in [2.75, 3.05) is 0 Å². The normalized spacial score (nSPS) is 10.8. The van der Waals surface area contributed by atoms with Crippen molar-refractivity contribution in [3.8, 4) is 5.75 Å². The summed E-state index contributed by atoms with van der Waals surface area (Å²) in [6.45, 7) is 11.2. The summed E-state index contributed by atoms with van der Waals surface area (Å²) >= 11 is 1.69. The minimum absolute atomic E-state index is 0.385. The van der Waals surface area contributed by atoms with E-state index in [0.29, 0.717) is 13.2 Å². The molecule has 0 amide bonds. The van der Waals surface area contributed by atoms with E-state index in [0.717, 1.165) is 28.0 Å². The zero-order valence-corrected chi connectivity index (χ0v) is 16.9. The van der Waals surface area contributed by atoms with Gasteiger partial charge in [0, 0.05) is 12.3 Å². The van der Waals surface area contributed by atoms with Crippen LogP contribution in [0.15, 0.2) is 60.3 Å². The first-order chi connectivity index (χ1) is 13.1. The van der Waals surface area contributed by atoms with Crippen LogP contribution in [0.1, 0.15) is 28.1 Å². The maximum Gasteiger partial charge on any atom is 0.191 e. The number of benzene rings is 2. The molecule has 0 unspecified atom stereocenters. The van der Waals surface area contributed by atoms with Crippen LogP contribution in [0.25, 0.3) is 0 Å². The lowest BCUT2D eigenvalue weighted by Crippen LogP contribution is -2.08. The smallest absolute Gasteiger partial charge is 0.191 e. The summed E-state index contributed by atoms with van der Waals surface area (Å²) in [5.41, 5.74) is 4.97. The van der Waals surface area contributed by atoms with E-state index in [2.05, 4.69) is 72.4 Å². The van der Waals surface area contributed by atoms with Gasteiger partial charge in [-0.15, -0.1) is 16.8 Å². The van der Waals surface area contributed by atoms with Crippen LogP contribution in [0.2, 0.25) is 0 Å². The van der Waals surface area contributed by atoms with E-state index >= 15 is 0 Å². The van der Waals surface area contributed by atoms with Gasteiger partial charge in [0.05, 0.1) is 0 Å². The Morgan fingerprint density at radius 2 is 1.81 bits per heavy atom. The second-order valence-electron chi connectivity index (χ2n) is 6.50. The van der Waals surface area contributed by atoms with E-state index in [1.165, 1.54) is 16.7 Å². The zero-order chi connectivity index (χ0) is 19.2. The van der Waals surface area contributed by atoms with E-state index in [9.17, 15) is 0 Å². The van der Waals surface area contributed by atoms with E-state index in [1.807, 2.05) is 18.2 Å². The molecule has 0 saturated heterocycles. The Bertz CT molecular complexity index is 933. The Kier molecular flexibility index (Phi) is 6.35. The first-order valence-electron chi connectivity index (χ1n) is 8.99. The van der Waals surface area contributed by atoms with E-state index in [1.54, 1.807) is 11.8 Å². The standard InChI is InChI=1S/C22H25N3OS/c1-5-13-25-21(14-26-20-12-8-10-16(2)18(20)4)23-24-22(25)27-15-19-11-7-6-9-17(19)3/h5-12H,1,13-15H2,2-4H3. The van der Waals surface area contributed by atoms with Crippen molar-refractivity contribution in [3.05, 3.63) is 83.2 Å². The number of aromatic nitrogens is 3. The van der Waals surface area contributed by atoms with Crippen LogP contribution < -0.4 is 4.74 Å². The molecule has 0 saturated carbocycles. The summed E-state index contributed by atoms with van der Waals surface area (Å²) in [4.78, 5) is 0. The topological polar surface area (TPSA) is 39.9 Å². The van der Waals surface area contributed by atoms with Crippen molar-refractivity contribution in [2.24, 2.45) is 0 Å². The van der Waals surface area contributed by atoms with Crippen LogP contribution in [0.5, 0.6) is 5.75 Å². The monoisotopic (exact) mass is 379 g/mol. The number of rotatable bonds is 8. The number of thioether (sulfide) groups is 1. The molecular weight excluding hydrogens is 354 g/mol. The third-order valence-electron chi connectivity index (χ3n) is 4.63. The molecule has 0 radical (unpaired) electrons. The number of nitrogens with zero attached hydrogens (tertiary/aromatic N) is 3. The molecule has 5 heteroatoms. The number of hydrogen-bond acceptors (Lipinski definition) is 4. The Labute approximate surface area is 165 Å². The molecule has 0 spiro atoms. The highest BCUT2D eigenvalue weighted by atomic mass is 32.2. The van der Waals surface area contributed by atoms with Crippen molar-refractivity contribution >= 4 is 11.8 Å². The average Bonchev–Trinajstić information content (AvgIpc) is 3.04. The second kappa shape index (κ2) is 8.91. The molecule has 0 fully saturated rings. The quantitative estimate of drug-likeness (QED) is 0.395. The van der Waals surface area contributed by atoms with Gasteiger partial charge < -0.3 is 4.74 Å². The van der Waals surface area contributed by atoms with Gasteiger partial charge in [-0.2, -0.15) is 0 Å². The molecule has 140 valence electrons. The fourth-order valence-electron chi connectivity index (χ4n) is 2.78. The van der Waals surface area contributed by atoms with Gasteiger partial charge >= 0.3 is 0 Å². The lowest BCUT2D eigenvalue weighted by molar-refractivity contribution is 0.287. The summed E-state index contributed by atoms with van der Waals surface area (Å²) in [6, 6.07) is 14.5. The third-order valence-corrected chi connectivity index (χ3v) is 5.65. The zero-order valence-electron chi connectivity index (χ0n) is 16.1. The Hall–Kier alpha value is -2.53. The van der Waals surface area contributed by atoms with Gasteiger partial charge in [-0.1, -0.05) is 54.2 Å². The molecule has 3 aromatic rings. The van der Waals surface area contributed by atoms with Crippen LogP contribution in [0.4, 0.5) is 0 Å². The van der Waals surface area contributed by atoms with Crippen molar-refractivity contribution in [1.29, 1.82) is 0 Å².